The largest absolute Gasteiger partial charge is 0.355 e. The maximum atomic E-state index is 11.2. The average molecular weight is 229 g/mol. The van der Waals surface area contributed by atoms with Crippen molar-refractivity contribution in [3.05, 3.63) is 29.8 Å². The first kappa shape index (κ1) is 11.5. The molecule has 0 spiro atoms. The highest BCUT2D eigenvalue weighted by atomic mass is 32.2. The summed E-state index contributed by atoms with van der Waals surface area (Å²) in [5, 5.41) is 7.21. The summed E-state index contributed by atoms with van der Waals surface area (Å²) in [4.78, 5) is 11.2. The molecule has 1 amide bonds. The fourth-order valence-electron chi connectivity index (χ4n) is 1.03. The Labute approximate surface area is 87.7 Å². The Bertz CT molecular complexity index is 470. The Kier molecular flexibility index (Phi) is 3.28. The molecule has 0 bridgehead atoms. The van der Waals surface area contributed by atoms with E-state index in [1.165, 1.54) is 19.2 Å². The molecule has 15 heavy (non-hydrogen) atoms. The number of anilines is 1. The molecule has 0 aromatic heterocycles. The Morgan fingerprint density at radius 3 is 2.60 bits per heavy atom. The number of nitrogens with two attached hydrogens (primary N) is 1. The SMILES string of the molecule is CNC(=O)c1cccc(NS(N)(=O)=O)c1. The summed E-state index contributed by atoms with van der Waals surface area (Å²) < 4.78 is 23.5. The number of nitrogens with one attached hydrogen (secondary N) is 2. The molecule has 6 nitrogen and oxygen atoms in total. The summed E-state index contributed by atoms with van der Waals surface area (Å²) in [5.41, 5.74) is 0.602. The molecule has 7 heteroatoms. The van der Waals surface area contributed by atoms with Gasteiger partial charge in [0.15, 0.2) is 0 Å². The molecule has 4 N–H and O–H groups in total. The highest BCUT2D eigenvalue weighted by Gasteiger charge is 2.06. The Balaban J connectivity index is 2.98. The van der Waals surface area contributed by atoms with Crippen LogP contribution in [0.15, 0.2) is 24.3 Å². The number of hydrogen-bond donors (Lipinski definition) is 3. The zero-order valence-corrected chi connectivity index (χ0v) is 8.84. The van der Waals surface area contributed by atoms with Gasteiger partial charge in [-0.05, 0) is 18.2 Å². The van der Waals surface area contributed by atoms with Crippen molar-refractivity contribution in [1.82, 2.24) is 5.32 Å². The number of benzene rings is 1. The molecule has 0 heterocycles. The van der Waals surface area contributed by atoms with Gasteiger partial charge in [-0.1, -0.05) is 6.07 Å². The van der Waals surface area contributed by atoms with Crippen LogP contribution >= 0.6 is 0 Å². The second-order valence-electron chi connectivity index (χ2n) is 2.81. The molecular formula is C8H11N3O3S. The molecule has 1 aromatic carbocycles. The molecule has 0 fully saturated rings. The van der Waals surface area contributed by atoms with Gasteiger partial charge in [-0.2, -0.15) is 8.42 Å². The van der Waals surface area contributed by atoms with Gasteiger partial charge in [0.2, 0.25) is 0 Å². The van der Waals surface area contributed by atoms with E-state index in [4.69, 9.17) is 5.14 Å². The van der Waals surface area contributed by atoms with E-state index in [9.17, 15) is 13.2 Å². The third-order valence-electron chi connectivity index (χ3n) is 1.61. The third kappa shape index (κ3) is 3.56. The average Bonchev–Trinajstić information content (AvgIpc) is 2.14. The third-order valence-corrected chi connectivity index (χ3v) is 2.13. The summed E-state index contributed by atoms with van der Waals surface area (Å²) in [6.45, 7) is 0. The normalized spacial score (nSPS) is 10.8. The molecule has 1 aromatic rings. The van der Waals surface area contributed by atoms with Crippen molar-refractivity contribution in [2.24, 2.45) is 5.14 Å². The maximum absolute atomic E-state index is 11.2. The van der Waals surface area contributed by atoms with E-state index in [0.29, 0.717) is 5.56 Å². The van der Waals surface area contributed by atoms with E-state index in [1.54, 1.807) is 12.1 Å². The fraction of sp³-hybridized carbons (Fsp3) is 0.125. The van der Waals surface area contributed by atoms with Crippen LogP contribution in [0.4, 0.5) is 5.69 Å². The van der Waals surface area contributed by atoms with Gasteiger partial charge in [0.25, 0.3) is 16.1 Å². The Morgan fingerprint density at radius 1 is 1.40 bits per heavy atom. The minimum Gasteiger partial charge on any atom is -0.355 e. The van der Waals surface area contributed by atoms with Crippen molar-refractivity contribution in [2.75, 3.05) is 11.8 Å². The molecule has 0 saturated carbocycles. The molecule has 82 valence electrons. The molecule has 0 atom stereocenters. The second-order valence-corrected chi connectivity index (χ2v) is 4.10. The van der Waals surface area contributed by atoms with Crippen LogP contribution in [-0.2, 0) is 10.2 Å². The lowest BCUT2D eigenvalue weighted by atomic mass is 10.2. The number of rotatable bonds is 3. The summed E-state index contributed by atoms with van der Waals surface area (Å²) in [7, 11) is -2.32. The number of carbonyl (C=O) groups is 1. The van der Waals surface area contributed by atoms with E-state index in [2.05, 4.69) is 10.0 Å². The highest BCUT2D eigenvalue weighted by Crippen LogP contribution is 2.10. The van der Waals surface area contributed by atoms with Crippen LogP contribution in [0.3, 0.4) is 0 Å². The number of hydrogen-bond acceptors (Lipinski definition) is 3. The summed E-state index contributed by atoms with van der Waals surface area (Å²) in [5.74, 6) is -0.298. The molecule has 1 rings (SSSR count). The van der Waals surface area contributed by atoms with Crippen LogP contribution in [-0.4, -0.2) is 21.4 Å². The van der Waals surface area contributed by atoms with Gasteiger partial charge >= 0.3 is 0 Å². The highest BCUT2D eigenvalue weighted by molar-refractivity contribution is 7.90. The van der Waals surface area contributed by atoms with Crippen molar-refractivity contribution in [1.29, 1.82) is 0 Å². The topological polar surface area (TPSA) is 101 Å². The first-order valence-electron chi connectivity index (χ1n) is 4.05. The van der Waals surface area contributed by atoms with Gasteiger partial charge in [-0.3, -0.25) is 9.52 Å². The lowest BCUT2D eigenvalue weighted by Gasteiger charge is -2.05. The van der Waals surface area contributed by atoms with Crippen molar-refractivity contribution >= 4 is 21.8 Å². The van der Waals surface area contributed by atoms with Gasteiger partial charge in [0.1, 0.15) is 0 Å². The first-order chi connectivity index (χ1) is 6.92. The standard InChI is InChI=1S/C8H11N3O3S/c1-10-8(12)6-3-2-4-7(5-6)11-15(9,13)14/h2-5,11H,1H3,(H,10,12)(H2,9,13,14). The Hall–Kier alpha value is -1.60. The molecular weight excluding hydrogens is 218 g/mol. The van der Waals surface area contributed by atoms with Crippen molar-refractivity contribution in [2.45, 2.75) is 0 Å². The molecule has 0 aliphatic rings. The minimum absolute atomic E-state index is 0.249. The molecule has 0 aliphatic heterocycles. The zero-order chi connectivity index (χ0) is 11.5. The Morgan fingerprint density at radius 2 is 2.07 bits per heavy atom. The molecule has 0 aliphatic carbocycles. The van der Waals surface area contributed by atoms with Crippen molar-refractivity contribution in [3.63, 3.8) is 0 Å². The van der Waals surface area contributed by atoms with E-state index >= 15 is 0 Å². The van der Waals surface area contributed by atoms with E-state index in [0.717, 1.165) is 0 Å². The first-order valence-corrected chi connectivity index (χ1v) is 5.59. The quantitative estimate of drug-likeness (QED) is 0.661. The second kappa shape index (κ2) is 4.28. The van der Waals surface area contributed by atoms with Gasteiger partial charge < -0.3 is 5.32 Å². The predicted octanol–water partition coefficient (Wildman–Crippen LogP) is -0.338. The van der Waals surface area contributed by atoms with Crippen LogP contribution in [0, 0.1) is 0 Å². The van der Waals surface area contributed by atoms with Gasteiger partial charge in [0, 0.05) is 12.6 Å². The molecule has 0 radical (unpaired) electrons. The molecule has 0 unspecified atom stereocenters. The van der Waals surface area contributed by atoms with E-state index < -0.39 is 10.2 Å². The summed E-state index contributed by atoms with van der Waals surface area (Å²) in [6, 6.07) is 6.01. The minimum atomic E-state index is -3.81. The van der Waals surface area contributed by atoms with Crippen LogP contribution in [0.5, 0.6) is 0 Å². The van der Waals surface area contributed by atoms with Gasteiger partial charge in [-0.25, -0.2) is 5.14 Å². The van der Waals surface area contributed by atoms with E-state index in [-0.39, 0.29) is 11.6 Å². The van der Waals surface area contributed by atoms with Gasteiger partial charge in [-0.15, -0.1) is 0 Å². The van der Waals surface area contributed by atoms with E-state index in [1.807, 2.05) is 0 Å². The van der Waals surface area contributed by atoms with Crippen molar-refractivity contribution < 1.29 is 13.2 Å². The lowest BCUT2D eigenvalue weighted by Crippen LogP contribution is -2.22. The van der Waals surface area contributed by atoms with Crippen LogP contribution in [0.25, 0.3) is 0 Å². The smallest absolute Gasteiger partial charge is 0.296 e. The number of amides is 1. The predicted molar refractivity (Wildman–Crippen MR) is 56.6 cm³/mol. The van der Waals surface area contributed by atoms with Gasteiger partial charge in [0.05, 0.1) is 5.69 Å². The fourth-order valence-corrected chi connectivity index (χ4v) is 1.49. The summed E-state index contributed by atoms with van der Waals surface area (Å²) >= 11 is 0. The van der Waals surface area contributed by atoms with Crippen LogP contribution < -0.4 is 15.2 Å². The maximum Gasteiger partial charge on any atom is 0.296 e. The van der Waals surface area contributed by atoms with Crippen molar-refractivity contribution in [3.8, 4) is 0 Å². The number of carbonyl (C=O) groups excluding carboxylic acids is 1. The van der Waals surface area contributed by atoms with Crippen LogP contribution in [0.1, 0.15) is 10.4 Å². The molecule has 0 saturated heterocycles. The summed E-state index contributed by atoms with van der Waals surface area (Å²) in [6.07, 6.45) is 0. The lowest BCUT2D eigenvalue weighted by molar-refractivity contribution is 0.0963. The monoisotopic (exact) mass is 229 g/mol. The zero-order valence-electron chi connectivity index (χ0n) is 8.02. The van der Waals surface area contributed by atoms with Crippen LogP contribution in [0.2, 0.25) is 0 Å².